The van der Waals surface area contributed by atoms with Crippen LogP contribution >= 0.6 is 0 Å². The molecule has 2 aliphatic rings. The monoisotopic (exact) mass is 595 g/mol. The van der Waals surface area contributed by atoms with Gasteiger partial charge in [-0.05, 0) is 92.8 Å². The Bertz CT molecular complexity index is 1590. The van der Waals surface area contributed by atoms with Crippen molar-refractivity contribution in [2.45, 2.75) is 59.9 Å². The molecular formula is C34H41N7O3. The molecule has 1 aliphatic heterocycles. The van der Waals surface area contributed by atoms with Gasteiger partial charge in [-0.2, -0.15) is 4.98 Å². The highest BCUT2D eigenvalue weighted by molar-refractivity contribution is 6.06. The number of hydrogen-bond donors (Lipinski definition) is 3. The number of rotatable bonds is 8. The van der Waals surface area contributed by atoms with E-state index in [1.54, 1.807) is 24.2 Å². The fourth-order valence-electron chi connectivity index (χ4n) is 5.98. The number of benzene rings is 2. The largest absolute Gasteiger partial charge is 0.330 e. The van der Waals surface area contributed by atoms with Crippen molar-refractivity contribution in [3.63, 3.8) is 0 Å². The van der Waals surface area contributed by atoms with Crippen molar-refractivity contribution in [1.82, 2.24) is 9.97 Å². The molecule has 0 unspecified atom stereocenters. The van der Waals surface area contributed by atoms with Crippen molar-refractivity contribution >= 4 is 52.4 Å². The van der Waals surface area contributed by atoms with Crippen LogP contribution in [0.4, 0.5) is 39.3 Å². The number of carbonyl (C=O) groups excluding carboxylic acids is 3. The molecular weight excluding hydrogens is 554 g/mol. The number of urea groups is 1. The molecule has 2 heterocycles. The van der Waals surface area contributed by atoms with Gasteiger partial charge in [0.2, 0.25) is 17.8 Å². The van der Waals surface area contributed by atoms with Crippen molar-refractivity contribution in [2.75, 3.05) is 32.8 Å². The van der Waals surface area contributed by atoms with E-state index in [4.69, 9.17) is 0 Å². The number of aryl methyl sites for hydroxylation is 2. The van der Waals surface area contributed by atoms with Crippen LogP contribution in [-0.2, 0) is 16.1 Å². The summed E-state index contributed by atoms with van der Waals surface area (Å²) in [5.41, 5.74) is 5.34. The van der Waals surface area contributed by atoms with E-state index in [2.05, 4.69) is 46.3 Å². The lowest BCUT2D eigenvalue weighted by atomic mass is 9.76. The van der Waals surface area contributed by atoms with E-state index in [9.17, 15) is 14.4 Å². The maximum Gasteiger partial charge on any atom is 0.330 e. The molecule has 1 aliphatic carbocycles. The van der Waals surface area contributed by atoms with E-state index in [0.29, 0.717) is 47.2 Å². The normalized spacial score (nSPS) is 18.1. The first kappa shape index (κ1) is 30.7. The van der Waals surface area contributed by atoms with Crippen molar-refractivity contribution in [3.8, 4) is 0 Å². The zero-order valence-corrected chi connectivity index (χ0v) is 26.1. The van der Waals surface area contributed by atoms with Gasteiger partial charge in [-0.3, -0.25) is 19.4 Å². The number of anilines is 6. The number of fused-ring (bicyclic) bond motifs is 1. The molecule has 230 valence electrons. The standard InChI is InChI=1S/C34H41N7O3/c1-7-30(42)38-28-16-26(14-8-21(28)4)37-33-35-18-25-19-41(34(44)40(6)31(25)39-33)29-17-27(15-9-22(29)5)36-32(43)24-12-10-23(11-13-24)20(2)3/h7-9,14-18,20,23-24H,1,10-13,19H2,2-6H3,(H,36,43)(H,38,42)(H,35,37,39). The van der Waals surface area contributed by atoms with Crippen molar-refractivity contribution in [3.05, 3.63) is 71.9 Å². The Balaban J connectivity index is 1.31. The predicted molar refractivity (Wildman–Crippen MR) is 175 cm³/mol. The van der Waals surface area contributed by atoms with E-state index >= 15 is 0 Å². The average molecular weight is 596 g/mol. The molecule has 0 radical (unpaired) electrons. The quantitative estimate of drug-likeness (QED) is 0.243. The molecule has 1 fully saturated rings. The fourth-order valence-corrected chi connectivity index (χ4v) is 5.98. The summed E-state index contributed by atoms with van der Waals surface area (Å²) < 4.78 is 0. The summed E-state index contributed by atoms with van der Waals surface area (Å²) in [6.45, 7) is 12.2. The van der Waals surface area contributed by atoms with Crippen LogP contribution in [0.2, 0.25) is 0 Å². The van der Waals surface area contributed by atoms with Gasteiger partial charge >= 0.3 is 6.03 Å². The second-order valence-corrected chi connectivity index (χ2v) is 12.2. The molecule has 1 saturated carbocycles. The van der Waals surface area contributed by atoms with E-state index < -0.39 is 0 Å². The van der Waals surface area contributed by atoms with Crippen LogP contribution in [0.3, 0.4) is 0 Å². The van der Waals surface area contributed by atoms with Crippen molar-refractivity contribution in [2.24, 2.45) is 17.8 Å². The Morgan fingerprint density at radius 1 is 1.00 bits per heavy atom. The van der Waals surface area contributed by atoms with E-state index in [-0.39, 0.29) is 23.8 Å². The molecule has 2 aromatic carbocycles. The molecule has 1 aromatic heterocycles. The van der Waals surface area contributed by atoms with Gasteiger partial charge in [0.15, 0.2) is 0 Å². The topological polar surface area (TPSA) is 120 Å². The maximum absolute atomic E-state index is 13.6. The minimum absolute atomic E-state index is 0.0155. The smallest absolute Gasteiger partial charge is 0.326 e. The number of amides is 4. The molecule has 0 spiro atoms. The summed E-state index contributed by atoms with van der Waals surface area (Å²) in [5, 5.41) is 9.07. The van der Waals surface area contributed by atoms with Crippen LogP contribution in [0.25, 0.3) is 0 Å². The predicted octanol–water partition coefficient (Wildman–Crippen LogP) is 6.94. The summed E-state index contributed by atoms with van der Waals surface area (Å²) in [7, 11) is 1.69. The summed E-state index contributed by atoms with van der Waals surface area (Å²) >= 11 is 0. The fraction of sp³-hybridized carbons (Fsp3) is 0.382. The lowest BCUT2D eigenvalue weighted by Gasteiger charge is -2.35. The third kappa shape index (κ3) is 6.59. The zero-order valence-electron chi connectivity index (χ0n) is 26.1. The third-order valence-corrected chi connectivity index (χ3v) is 8.80. The highest BCUT2D eigenvalue weighted by atomic mass is 16.2. The van der Waals surface area contributed by atoms with Crippen LogP contribution in [0.5, 0.6) is 0 Å². The molecule has 3 aromatic rings. The van der Waals surface area contributed by atoms with E-state index in [1.807, 2.05) is 44.2 Å². The van der Waals surface area contributed by atoms with Crippen LogP contribution < -0.4 is 25.8 Å². The third-order valence-electron chi connectivity index (χ3n) is 8.80. The van der Waals surface area contributed by atoms with Gasteiger partial charge in [0, 0.05) is 41.8 Å². The minimum atomic E-state index is -0.299. The van der Waals surface area contributed by atoms with Crippen molar-refractivity contribution in [1.29, 1.82) is 0 Å². The molecule has 5 rings (SSSR count). The maximum atomic E-state index is 13.6. The van der Waals surface area contributed by atoms with Gasteiger partial charge in [0.1, 0.15) is 5.82 Å². The lowest BCUT2D eigenvalue weighted by Crippen LogP contribution is -2.46. The molecule has 10 heteroatoms. The Morgan fingerprint density at radius 3 is 2.41 bits per heavy atom. The Hall–Kier alpha value is -4.73. The summed E-state index contributed by atoms with van der Waals surface area (Å²) in [5.74, 6) is 1.94. The molecule has 3 N–H and O–H groups in total. The summed E-state index contributed by atoms with van der Waals surface area (Å²) in [6.07, 6.45) is 6.92. The van der Waals surface area contributed by atoms with Crippen molar-refractivity contribution < 1.29 is 14.4 Å². The Labute approximate surface area is 259 Å². The first-order valence-electron chi connectivity index (χ1n) is 15.2. The van der Waals surface area contributed by atoms with Crippen LogP contribution in [0.15, 0.2) is 55.3 Å². The highest BCUT2D eigenvalue weighted by Gasteiger charge is 2.32. The summed E-state index contributed by atoms with van der Waals surface area (Å²) in [6, 6.07) is 11.0. The van der Waals surface area contributed by atoms with Gasteiger partial charge in [-0.1, -0.05) is 32.6 Å². The molecule has 44 heavy (non-hydrogen) atoms. The second-order valence-electron chi connectivity index (χ2n) is 12.2. The first-order chi connectivity index (χ1) is 21.0. The van der Waals surface area contributed by atoms with Crippen LogP contribution in [-0.4, -0.2) is 34.9 Å². The molecule has 0 saturated heterocycles. The molecule has 0 bridgehead atoms. The number of carbonyl (C=O) groups is 3. The number of nitrogens with one attached hydrogen (secondary N) is 3. The SMILES string of the molecule is C=CC(=O)Nc1cc(Nc2ncc3c(n2)N(C)C(=O)N(c2cc(NC(=O)C4CCC(C(C)C)CC4)ccc2C)C3)ccc1C. The van der Waals surface area contributed by atoms with Gasteiger partial charge < -0.3 is 16.0 Å². The van der Waals surface area contributed by atoms with E-state index in [0.717, 1.165) is 48.1 Å². The van der Waals surface area contributed by atoms with Gasteiger partial charge in [-0.15, -0.1) is 0 Å². The number of aromatic nitrogens is 2. The molecule has 10 nitrogen and oxygen atoms in total. The van der Waals surface area contributed by atoms with Gasteiger partial charge in [-0.25, -0.2) is 9.78 Å². The average Bonchev–Trinajstić information content (AvgIpc) is 3.01. The van der Waals surface area contributed by atoms with Gasteiger partial charge in [0.25, 0.3) is 0 Å². The molecule has 4 amide bonds. The van der Waals surface area contributed by atoms with Crippen LogP contribution in [0, 0.1) is 31.6 Å². The molecule has 0 atom stereocenters. The lowest BCUT2D eigenvalue weighted by molar-refractivity contribution is -0.121. The Morgan fingerprint density at radius 2 is 1.70 bits per heavy atom. The second kappa shape index (κ2) is 12.9. The minimum Gasteiger partial charge on any atom is -0.326 e. The zero-order chi connectivity index (χ0) is 31.5. The van der Waals surface area contributed by atoms with E-state index in [1.165, 1.54) is 11.0 Å². The number of nitrogens with zero attached hydrogens (tertiary/aromatic N) is 4. The first-order valence-corrected chi connectivity index (χ1v) is 15.2. The highest BCUT2D eigenvalue weighted by Crippen LogP contribution is 2.36. The van der Waals surface area contributed by atoms with Crippen LogP contribution in [0.1, 0.15) is 56.2 Å². The van der Waals surface area contributed by atoms with Gasteiger partial charge in [0.05, 0.1) is 12.2 Å². The number of hydrogen-bond acceptors (Lipinski definition) is 6. The summed E-state index contributed by atoms with van der Waals surface area (Å²) in [4.78, 5) is 50.9. The Kier molecular flexibility index (Phi) is 8.98.